The van der Waals surface area contributed by atoms with E-state index in [9.17, 15) is 4.79 Å². The molecule has 21 heavy (non-hydrogen) atoms. The number of hydrogen-bond acceptors (Lipinski definition) is 4. The second kappa shape index (κ2) is 6.29. The van der Waals surface area contributed by atoms with Gasteiger partial charge in [-0.05, 0) is 36.8 Å². The molecule has 0 fully saturated rings. The minimum Gasteiger partial charge on any atom is -0.457 e. The van der Waals surface area contributed by atoms with E-state index in [1.165, 1.54) is 6.07 Å². The largest absolute Gasteiger partial charge is 0.457 e. The van der Waals surface area contributed by atoms with Crippen molar-refractivity contribution in [2.45, 2.75) is 13.5 Å². The van der Waals surface area contributed by atoms with Crippen LogP contribution in [0, 0.1) is 18.3 Å². The summed E-state index contributed by atoms with van der Waals surface area (Å²) in [5.74, 6) is -0.458. The number of ether oxygens (including phenoxy) is 1. The fraction of sp³-hybridized carbons (Fsp3) is 0.125. The van der Waals surface area contributed by atoms with E-state index < -0.39 is 5.97 Å². The predicted molar refractivity (Wildman–Crippen MR) is 80.9 cm³/mol. The van der Waals surface area contributed by atoms with Gasteiger partial charge in [-0.25, -0.2) is 4.79 Å². The Morgan fingerprint density at radius 1 is 1.33 bits per heavy atom. The summed E-state index contributed by atoms with van der Waals surface area (Å²) in [7, 11) is 0. The first-order chi connectivity index (χ1) is 10.0. The van der Waals surface area contributed by atoms with E-state index in [-0.39, 0.29) is 6.61 Å². The average molecular weight is 301 g/mol. The maximum Gasteiger partial charge on any atom is 0.338 e. The van der Waals surface area contributed by atoms with Gasteiger partial charge in [0.05, 0.1) is 17.2 Å². The molecule has 2 aromatic carbocycles. The van der Waals surface area contributed by atoms with Crippen LogP contribution in [0.25, 0.3) is 0 Å². The van der Waals surface area contributed by atoms with Crippen LogP contribution in [0.15, 0.2) is 36.4 Å². The van der Waals surface area contributed by atoms with Gasteiger partial charge in [0, 0.05) is 16.3 Å². The molecular formula is C16H13ClN2O2. The Kier molecular flexibility index (Phi) is 4.46. The van der Waals surface area contributed by atoms with E-state index in [1.807, 2.05) is 13.0 Å². The first-order valence-corrected chi connectivity index (χ1v) is 6.61. The van der Waals surface area contributed by atoms with Crippen LogP contribution in [0.4, 0.5) is 5.69 Å². The lowest BCUT2D eigenvalue weighted by Gasteiger charge is -2.09. The Balaban J connectivity index is 2.11. The Morgan fingerprint density at radius 2 is 2.10 bits per heavy atom. The van der Waals surface area contributed by atoms with Gasteiger partial charge in [0.15, 0.2) is 0 Å². The SMILES string of the molecule is Cc1ccc(N)cc1C(=O)OCc1ccc(C#N)cc1Cl. The van der Waals surface area contributed by atoms with Crippen LogP contribution in [-0.4, -0.2) is 5.97 Å². The van der Waals surface area contributed by atoms with Gasteiger partial charge >= 0.3 is 5.97 Å². The van der Waals surface area contributed by atoms with Crippen LogP contribution in [0.3, 0.4) is 0 Å². The zero-order valence-corrected chi connectivity index (χ0v) is 12.1. The Labute approximate surface area is 127 Å². The molecule has 0 unspecified atom stereocenters. The molecule has 2 rings (SSSR count). The van der Waals surface area contributed by atoms with Crippen molar-refractivity contribution in [3.8, 4) is 6.07 Å². The van der Waals surface area contributed by atoms with Crippen LogP contribution in [0.1, 0.15) is 27.0 Å². The van der Waals surface area contributed by atoms with Crippen molar-refractivity contribution in [3.05, 3.63) is 63.7 Å². The summed E-state index contributed by atoms with van der Waals surface area (Å²) < 4.78 is 5.24. The first-order valence-electron chi connectivity index (χ1n) is 6.23. The van der Waals surface area contributed by atoms with Gasteiger partial charge in [0.1, 0.15) is 6.61 Å². The monoisotopic (exact) mass is 300 g/mol. The maximum absolute atomic E-state index is 12.1. The smallest absolute Gasteiger partial charge is 0.338 e. The number of carbonyl (C=O) groups is 1. The number of benzene rings is 2. The molecule has 0 saturated carbocycles. The Morgan fingerprint density at radius 3 is 2.76 bits per heavy atom. The number of anilines is 1. The van der Waals surface area contributed by atoms with Gasteiger partial charge in [0.2, 0.25) is 0 Å². The van der Waals surface area contributed by atoms with E-state index in [4.69, 9.17) is 27.3 Å². The van der Waals surface area contributed by atoms with Crippen molar-refractivity contribution in [2.75, 3.05) is 5.73 Å². The molecule has 0 atom stereocenters. The van der Waals surface area contributed by atoms with Crippen molar-refractivity contribution in [3.63, 3.8) is 0 Å². The third kappa shape index (κ3) is 3.53. The fourth-order valence-corrected chi connectivity index (χ4v) is 2.05. The van der Waals surface area contributed by atoms with Gasteiger partial charge in [-0.3, -0.25) is 0 Å². The van der Waals surface area contributed by atoms with Crippen LogP contribution >= 0.6 is 11.6 Å². The number of nitrogens with two attached hydrogens (primary N) is 1. The molecular weight excluding hydrogens is 288 g/mol. The number of nitrogen functional groups attached to an aromatic ring is 1. The molecule has 0 amide bonds. The predicted octanol–water partition coefficient (Wildman–Crippen LogP) is 3.46. The number of esters is 1. The number of nitrogens with zero attached hydrogens (tertiary/aromatic N) is 1. The number of hydrogen-bond donors (Lipinski definition) is 1. The van der Waals surface area contributed by atoms with E-state index >= 15 is 0 Å². The molecule has 2 aromatic rings. The van der Waals surface area contributed by atoms with Gasteiger partial charge in [-0.15, -0.1) is 0 Å². The Bertz CT molecular complexity index is 736. The molecule has 0 bridgehead atoms. The highest BCUT2D eigenvalue weighted by Crippen LogP contribution is 2.20. The van der Waals surface area contributed by atoms with Crippen LogP contribution in [0.5, 0.6) is 0 Å². The highest BCUT2D eigenvalue weighted by molar-refractivity contribution is 6.31. The van der Waals surface area contributed by atoms with E-state index in [0.29, 0.717) is 27.4 Å². The molecule has 5 heteroatoms. The summed E-state index contributed by atoms with van der Waals surface area (Å²) in [6, 6.07) is 11.9. The minimum absolute atomic E-state index is 0.0393. The molecule has 0 aliphatic heterocycles. The van der Waals surface area contributed by atoms with Crippen molar-refractivity contribution >= 4 is 23.3 Å². The first kappa shape index (κ1) is 14.9. The minimum atomic E-state index is -0.458. The lowest BCUT2D eigenvalue weighted by Crippen LogP contribution is -2.08. The maximum atomic E-state index is 12.1. The number of halogens is 1. The Hall–Kier alpha value is -2.51. The van der Waals surface area contributed by atoms with Gasteiger partial charge in [0.25, 0.3) is 0 Å². The average Bonchev–Trinajstić information content (AvgIpc) is 2.48. The summed E-state index contributed by atoms with van der Waals surface area (Å²) in [4.78, 5) is 12.1. The van der Waals surface area contributed by atoms with Crippen LogP contribution in [-0.2, 0) is 11.3 Å². The van der Waals surface area contributed by atoms with Gasteiger partial charge in [-0.1, -0.05) is 23.7 Å². The van der Waals surface area contributed by atoms with E-state index in [2.05, 4.69) is 0 Å². The topological polar surface area (TPSA) is 76.1 Å². The van der Waals surface area contributed by atoms with Crippen molar-refractivity contribution < 1.29 is 9.53 Å². The van der Waals surface area contributed by atoms with E-state index in [0.717, 1.165) is 5.56 Å². The summed E-state index contributed by atoms with van der Waals surface area (Å²) >= 11 is 6.03. The lowest BCUT2D eigenvalue weighted by molar-refractivity contribution is 0.0472. The third-order valence-corrected chi connectivity index (χ3v) is 3.37. The molecule has 0 spiro atoms. The molecule has 2 N–H and O–H groups in total. The molecule has 0 saturated heterocycles. The van der Waals surface area contributed by atoms with Crippen LogP contribution < -0.4 is 5.73 Å². The van der Waals surface area contributed by atoms with Crippen molar-refractivity contribution in [2.24, 2.45) is 0 Å². The molecule has 106 valence electrons. The molecule has 0 aliphatic carbocycles. The third-order valence-electron chi connectivity index (χ3n) is 3.02. The summed E-state index contributed by atoms with van der Waals surface area (Å²) in [5.41, 5.74) is 8.50. The van der Waals surface area contributed by atoms with E-state index in [1.54, 1.807) is 30.3 Å². The van der Waals surface area contributed by atoms with Gasteiger partial charge < -0.3 is 10.5 Å². The fourth-order valence-electron chi connectivity index (χ4n) is 1.81. The number of rotatable bonds is 3. The quantitative estimate of drug-likeness (QED) is 0.695. The number of aryl methyl sites for hydroxylation is 1. The standard InChI is InChI=1S/C16H13ClN2O2/c1-10-2-5-13(19)7-14(10)16(20)21-9-12-4-3-11(8-18)6-15(12)17/h2-7H,9,19H2,1H3. The van der Waals surface area contributed by atoms with Crippen molar-refractivity contribution in [1.82, 2.24) is 0 Å². The highest BCUT2D eigenvalue weighted by Gasteiger charge is 2.12. The normalized spacial score (nSPS) is 9.95. The molecule has 0 aliphatic rings. The molecule has 0 aromatic heterocycles. The van der Waals surface area contributed by atoms with Crippen molar-refractivity contribution in [1.29, 1.82) is 5.26 Å². The second-order valence-electron chi connectivity index (χ2n) is 4.57. The second-order valence-corrected chi connectivity index (χ2v) is 4.98. The zero-order chi connectivity index (χ0) is 15.4. The lowest BCUT2D eigenvalue weighted by atomic mass is 10.1. The number of carbonyl (C=O) groups excluding carboxylic acids is 1. The summed E-state index contributed by atoms with van der Waals surface area (Å²) in [5, 5.41) is 9.16. The molecule has 0 radical (unpaired) electrons. The highest BCUT2D eigenvalue weighted by atomic mass is 35.5. The zero-order valence-electron chi connectivity index (χ0n) is 11.4. The number of nitriles is 1. The molecule has 4 nitrogen and oxygen atoms in total. The summed E-state index contributed by atoms with van der Waals surface area (Å²) in [6.07, 6.45) is 0. The van der Waals surface area contributed by atoms with Crippen LogP contribution in [0.2, 0.25) is 5.02 Å². The molecule has 0 heterocycles. The summed E-state index contributed by atoms with van der Waals surface area (Å²) in [6.45, 7) is 1.85. The van der Waals surface area contributed by atoms with Gasteiger partial charge in [-0.2, -0.15) is 5.26 Å².